The Morgan fingerprint density at radius 2 is 1.85 bits per heavy atom. The van der Waals surface area contributed by atoms with Gasteiger partial charge in [0, 0.05) is 11.8 Å². The van der Waals surface area contributed by atoms with Crippen LogP contribution in [0.1, 0.15) is 5.56 Å². The van der Waals surface area contributed by atoms with Gasteiger partial charge in [-0.15, -0.1) is 0 Å². The lowest BCUT2D eigenvalue weighted by atomic mass is 10.1. The number of pyridine rings is 1. The van der Waals surface area contributed by atoms with Crippen molar-refractivity contribution >= 4 is 26.8 Å². The lowest BCUT2D eigenvalue weighted by Gasteiger charge is -2.09. The van der Waals surface area contributed by atoms with E-state index in [2.05, 4.69) is 20.9 Å². The number of aromatic amines is 1. The van der Waals surface area contributed by atoms with E-state index in [1.807, 2.05) is 30.3 Å². The number of aromatic nitrogens is 1. The standard InChI is InChI=1S/C16H11BrFNO/c1-9-7-11(18)15(17)14-13(20)8-12(19-16(9)14)10-5-3-2-4-6-10/h2-8H,1H3,(H,19,20). The first-order chi connectivity index (χ1) is 9.58. The van der Waals surface area contributed by atoms with Crippen LogP contribution in [-0.2, 0) is 0 Å². The summed E-state index contributed by atoms with van der Waals surface area (Å²) < 4.78 is 13.9. The van der Waals surface area contributed by atoms with Gasteiger partial charge in [-0.05, 0) is 40.0 Å². The summed E-state index contributed by atoms with van der Waals surface area (Å²) in [5.74, 6) is -0.423. The van der Waals surface area contributed by atoms with E-state index in [-0.39, 0.29) is 9.90 Å². The summed E-state index contributed by atoms with van der Waals surface area (Å²) in [6.45, 7) is 1.78. The van der Waals surface area contributed by atoms with E-state index in [1.54, 1.807) is 6.92 Å². The largest absolute Gasteiger partial charge is 0.354 e. The van der Waals surface area contributed by atoms with Crippen LogP contribution in [0.3, 0.4) is 0 Å². The first-order valence-corrected chi connectivity index (χ1v) is 6.94. The fourth-order valence-electron chi connectivity index (χ4n) is 2.29. The number of hydrogen-bond acceptors (Lipinski definition) is 1. The van der Waals surface area contributed by atoms with Crippen molar-refractivity contribution < 1.29 is 4.39 Å². The van der Waals surface area contributed by atoms with Crippen molar-refractivity contribution in [3.8, 4) is 11.3 Å². The molecule has 0 amide bonds. The highest BCUT2D eigenvalue weighted by Crippen LogP contribution is 2.28. The summed E-state index contributed by atoms with van der Waals surface area (Å²) in [6.07, 6.45) is 0. The second-order valence-corrected chi connectivity index (χ2v) is 5.45. The van der Waals surface area contributed by atoms with Crippen molar-refractivity contribution in [2.75, 3.05) is 0 Å². The normalized spacial score (nSPS) is 10.9. The first-order valence-electron chi connectivity index (χ1n) is 6.15. The average molecular weight is 332 g/mol. The number of halogens is 2. The number of benzene rings is 2. The van der Waals surface area contributed by atoms with Gasteiger partial charge in [-0.3, -0.25) is 4.79 Å². The summed E-state index contributed by atoms with van der Waals surface area (Å²) in [7, 11) is 0. The maximum absolute atomic E-state index is 13.7. The topological polar surface area (TPSA) is 32.9 Å². The van der Waals surface area contributed by atoms with Crippen molar-refractivity contribution in [3.63, 3.8) is 0 Å². The van der Waals surface area contributed by atoms with Gasteiger partial charge in [0.15, 0.2) is 5.43 Å². The molecule has 0 saturated heterocycles. The smallest absolute Gasteiger partial charge is 0.191 e. The van der Waals surface area contributed by atoms with Crippen LogP contribution in [0.25, 0.3) is 22.2 Å². The van der Waals surface area contributed by atoms with Crippen molar-refractivity contribution in [1.82, 2.24) is 4.98 Å². The molecule has 0 bridgehead atoms. The Bertz CT molecular complexity index is 856. The van der Waals surface area contributed by atoms with Gasteiger partial charge in [-0.2, -0.15) is 0 Å². The number of nitrogens with one attached hydrogen (secondary N) is 1. The molecule has 0 saturated carbocycles. The molecule has 100 valence electrons. The molecule has 0 aliphatic heterocycles. The molecule has 0 fully saturated rings. The van der Waals surface area contributed by atoms with Crippen molar-refractivity contribution in [1.29, 1.82) is 0 Å². The van der Waals surface area contributed by atoms with Crippen LogP contribution in [-0.4, -0.2) is 4.98 Å². The summed E-state index contributed by atoms with van der Waals surface area (Å²) in [5.41, 5.74) is 2.81. The molecule has 1 heterocycles. The number of aryl methyl sites for hydroxylation is 1. The third-order valence-electron chi connectivity index (χ3n) is 3.28. The zero-order chi connectivity index (χ0) is 14.3. The lowest BCUT2D eigenvalue weighted by Crippen LogP contribution is -2.06. The minimum atomic E-state index is -0.423. The zero-order valence-corrected chi connectivity index (χ0v) is 12.3. The van der Waals surface area contributed by atoms with Gasteiger partial charge in [0.1, 0.15) is 5.82 Å². The van der Waals surface area contributed by atoms with Crippen molar-refractivity contribution in [3.05, 3.63) is 68.5 Å². The number of H-pyrrole nitrogens is 1. The van der Waals surface area contributed by atoms with E-state index in [9.17, 15) is 9.18 Å². The Labute approximate surface area is 123 Å². The maximum Gasteiger partial charge on any atom is 0.191 e. The lowest BCUT2D eigenvalue weighted by molar-refractivity contribution is 0.622. The molecule has 2 aromatic carbocycles. The number of rotatable bonds is 1. The fourth-order valence-corrected chi connectivity index (χ4v) is 2.80. The Kier molecular flexibility index (Phi) is 3.18. The molecule has 0 radical (unpaired) electrons. The summed E-state index contributed by atoms with van der Waals surface area (Å²) in [4.78, 5) is 15.5. The molecule has 4 heteroatoms. The first kappa shape index (κ1) is 13.1. The molecule has 0 aliphatic rings. The maximum atomic E-state index is 13.7. The SMILES string of the molecule is Cc1cc(F)c(Br)c2c(=O)cc(-c3ccccc3)[nH]c12. The van der Waals surface area contributed by atoms with Crippen LogP contribution in [0.15, 0.2) is 51.7 Å². The van der Waals surface area contributed by atoms with Gasteiger partial charge >= 0.3 is 0 Å². The molecular formula is C16H11BrFNO. The predicted molar refractivity (Wildman–Crippen MR) is 82.4 cm³/mol. The van der Waals surface area contributed by atoms with Gasteiger partial charge in [-0.1, -0.05) is 30.3 Å². The Hall–Kier alpha value is -1.94. The predicted octanol–water partition coefficient (Wildman–Crippen LogP) is 4.41. The van der Waals surface area contributed by atoms with E-state index in [0.29, 0.717) is 16.5 Å². The van der Waals surface area contributed by atoms with Gasteiger partial charge in [-0.25, -0.2) is 4.39 Å². The van der Waals surface area contributed by atoms with E-state index < -0.39 is 5.82 Å². The molecule has 3 aromatic rings. The van der Waals surface area contributed by atoms with E-state index in [4.69, 9.17) is 0 Å². The van der Waals surface area contributed by atoms with Crippen LogP contribution in [0, 0.1) is 12.7 Å². The van der Waals surface area contributed by atoms with Gasteiger partial charge in [0.2, 0.25) is 0 Å². The molecule has 0 unspecified atom stereocenters. The minimum Gasteiger partial charge on any atom is -0.354 e. The Morgan fingerprint density at radius 1 is 1.15 bits per heavy atom. The van der Waals surface area contributed by atoms with Crippen molar-refractivity contribution in [2.24, 2.45) is 0 Å². The van der Waals surface area contributed by atoms with Gasteiger partial charge in [0.05, 0.1) is 15.4 Å². The average Bonchev–Trinajstić information content (AvgIpc) is 2.45. The number of hydrogen-bond donors (Lipinski definition) is 1. The molecule has 1 N–H and O–H groups in total. The fraction of sp³-hybridized carbons (Fsp3) is 0.0625. The summed E-state index contributed by atoms with van der Waals surface area (Å²) in [6, 6.07) is 12.5. The highest BCUT2D eigenvalue weighted by molar-refractivity contribution is 9.10. The van der Waals surface area contributed by atoms with Crippen LogP contribution in [0.4, 0.5) is 4.39 Å². The molecule has 0 aliphatic carbocycles. The van der Waals surface area contributed by atoms with E-state index >= 15 is 0 Å². The monoisotopic (exact) mass is 331 g/mol. The quantitative estimate of drug-likeness (QED) is 0.704. The second-order valence-electron chi connectivity index (χ2n) is 4.65. The van der Waals surface area contributed by atoms with Crippen LogP contribution in [0.2, 0.25) is 0 Å². The van der Waals surface area contributed by atoms with Gasteiger partial charge in [0.25, 0.3) is 0 Å². The third-order valence-corrected chi connectivity index (χ3v) is 4.06. The molecule has 1 aromatic heterocycles. The highest BCUT2D eigenvalue weighted by atomic mass is 79.9. The van der Waals surface area contributed by atoms with E-state index in [1.165, 1.54) is 12.1 Å². The molecular weight excluding hydrogens is 321 g/mol. The molecule has 20 heavy (non-hydrogen) atoms. The molecule has 3 rings (SSSR count). The minimum absolute atomic E-state index is 0.202. The molecule has 2 nitrogen and oxygen atoms in total. The summed E-state index contributed by atoms with van der Waals surface area (Å²) in [5, 5.41) is 0.349. The molecule has 0 atom stereocenters. The van der Waals surface area contributed by atoms with Crippen LogP contribution in [0.5, 0.6) is 0 Å². The van der Waals surface area contributed by atoms with E-state index in [0.717, 1.165) is 11.3 Å². The van der Waals surface area contributed by atoms with Gasteiger partial charge < -0.3 is 4.98 Å². The van der Waals surface area contributed by atoms with Crippen LogP contribution >= 0.6 is 15.9 Å². The molecule has 0 spiro atoms. The second kappa shape index (κ2) is 4.87. The third kappa shape index (κ3) is 2.06. The Balaban J connectivity index is 2.39. The highest BCUT2D eigenvalue weighted by Gasteiger charge is 2.13. The summed E-state index contributed by atoms with van der Waals surface area (Å²) >= 11 is 3.15. The van der Waals surface area contributed by atoms with Crippen LogP contribution < -0.4 is 5.43 Å². The Morgan fingerprint density at radius 3 is 2.55 bits per heavy atom. The number of fused-ring (bicyclic) bond motifs is 1. The van der Waals surface area contributed by atoms with Crippen molar-refractivity contribution in [2.45, 2.75) is 6.92 Å². The zero-order valence-electron chi connectivity index (χ0n) is 10.7.